The first kappa shape index (κ1) is 19.2. The average molecular weight is 390 g/mol. The lowest BCUT2D eigenvalue weighted by molar-refractivity contribution is -0.121. The Morgan fingerprint density at radius 2 is 1.93 bits per heavy atom. The molecule has 0 amide bonds. The number of aromatic hydroxyl groups is 1. The number of hydrogen-bond acceptors (Lipinski definition) is 4. The van der Waals surface area contributed by atoms with E-state index in [0.717, 1.165) is 34.2 Å². The zero-order valence-corrected chi connectivity index (χ0v) is 16.8. The van der Waals surface area contributed by atoms with E-state index in [4.69, 9.17) is 4.84 Å². The van der Waals surface area contributed by atoms with Crippen LogP contribution in [0.15, 0.2) is 59.9 Å². The Bertz CT molecular complexity index is 1030. The second kappa shape index (κ2) is 8.11. The molecule has 3 aromatic rings. The van der Waals surface area contributed by atoms with Crippen LogP contribution in [0.4, 0.5) is 0 Å². The standard InChI is InChI=1S/C24H26N2O3/c1-15(2)7-10-18(28)13-22-23(20-14-25-21-6-4-3-5-19(20)21)24(26-29-22)16-8-11-17(27)12-9-16/h3-6,8-9,11-12,14-15,22-23,25,27H,7,10,13H2,1-2H3. The van der Waals surface area contributed by atoms with Crippen molar-refractivity contribution < 1.29 is 14.7 Å². The molecule has 0 fully saturated rings. The van der Waals surface area contributed by atoms with Crippen molar-refractivity contribution in [1.29, 1.82) is 0 Å². The predicted molar refractivity (Wildman–Crippen MR) is 114 cm³/mol. The van der Waals surface area contributed by atoms with Gasteiger partial charge in [0.05, 0.1) is 11.6 Å². The number of phenolic OH excluding ortho intramolecular Hbond substituents is 1. The van der Waals surface area contributed by atoms with Crippen molar-refractivity contribution in [3.8, 4) is 5.75 Å². The van der Waals surface area contributed by atoms with Gasteiger partial charge in [-0.05, 0) is 48.2 Å². The van der Waals surface area contributed by atoms with Crippen molar-refractivity contribution in [2.45, 2.75) is 45.1 Å². The largest absolute Gasteiger partial charge is 0.508 e. The lowest BCUT2D eigenvalue weighted by Gasteiger charge is -2.19. The highest BCUT2D eigenvalue weighted by molar-refractivity contribution is 6.08. The number of hydrogen-bond donors (Lipinski definition) is 2. The fraction of sp³-hybridized carbons (Fsp3) is 0.333. The lowest BCUT2D eigenvalue weighted by atomic mass is 9.83. The van der Waals surface area contributed by atoms with E-state index >= 15 is 0 Å². The number of ketones is 1. The third-order valence-electron chi connectivity index (χ3n) is 5.50. The molecule has 2 N–H and O–H groups in total. The maximum Gasteiger partial charge on any atom is 0.147 e. The third kappa shape index (κ3) is 4.04. The molecule has 150 valence electrons. The van der Waals surface area contributed by atoms with E-state index < -0.39 is 0 Å². The lowest BCUT2D eigenvalue weighted by Crippen LogP contribution is -2.25. The first-order valence-electron chi connectivity index (χ1n) is 10.1. The summed E-state index contributed by atoms with van der Waals surface area (Å²) in [6, 6.07) is 15.1. The monoisotopic (exact) mass is 390 g/mol. The van der Waals surface area contributed by atoms with Gasteiger partial charge in [-0.25, -0.2) is 0 Å². The van der Waals surface area contributed by atoms with Gasteiger partial charge in [0, 0.05) is 35.5 Å². The number of nitrogens with zero attached hydrogens (tertiary/aromatic N) is 1. The van der Waals surface area contributed by atoms with Crippen LogP contribution in [0.5, 0.6) is 5.75 Å². The van der Waals surface area contributed by atoms with Gasteiger partial charge < -0.3 is 14.9 Å². The molecule has 0 bridgehead atoms. The number of carbonyl (C=O) groups is 1. The molecule has 0 spiro atoms. The zero-order chi connectivity index (χ0) is 20.4. The van der Waals surface area contributed by atoms with Crippen LogP contribution in [0.1, 0.15) is 50.2 Å². The second-order valence-corrected chi connectivity index (χ2v) is 8.11. The van der Waals surface area contributed by atoms with E-state index in [1.54, 1.807) is 12.1 Å². The Kier molecular flexibility index (Phi) is 5.38. The van der Waals surface area contributed by atoms with Crippen molar-refractivity contribution >= 4 is 22.4 Å². The van der Waals surface area contributed by atoms with Gasteiger partial charge in [0.25, 0.3) is 0 Å². The number of phenols is 1. The Morgan fingerprint density at radius 1 is 1.17 bits per heavy atom. The third-order valence-corrected chi connectivity index (χ3v) is 5.50. The molecular weight excluding hydrogens is 364 g/mol. The summed E-state index contributed by atoms with van der Waals surface area (Å²) in [5.41, 5.74) is 3.79. The summed E-state index contributed by atoms with van der Waals surface area (Å²) < 4.78 is 0. The second-order valence-electron chi connectivity index (χ2n) is 8.11. The molecule has 5 nitrogen and oxygen atoms in total. The molecule has 1 aromatic heterocycles. The number of H-pyrrole nitrogens is 1. The first-order chi connectivity index (χ1) is 14.0. The number of aromatic amines is 1. The van der Waals surface area contributed by atoms with E-state index in [0.29, 0.717) is 18.8 Å². The predicted octanol–water partition coefficient (Wildman–Crippen LogP) is 5.16. The smallest absolute Gasteiger partial charge is 0.147 e. The summed E-state index contributed by atoms with van der Waals surface area (Å²) >= 11 is 0. The van der Waals surface area contributed by atoms with E-state index in [9.17, 15) is 9.90 Å². The minimum atomic E-state index is -0.335. The van der Waals surface area contributed by atoms with Crippen LogP contribution in [-0.4, -0.2) is 27.7 Å². The molecule has 1 aliphatic rings. The van der Waals surface area contributed by atoms with E-state index in [1.807, 2.05) is 36.5 Å². The van der Waals surface area contributed by atoms with Crippen molar-refractivity contribution in [2.24, 2.45) is 11.1 Å². The molecule has 0 saturated heterocycles. The highest BCUT2D eigenvalue weighted by atomic mass is 16.6. The molecular formula is C24H26N2O3. The van der Waals surface area contributed by atoms with Gasteiger partial charge in [0.1, 0.15) is 17.6 Å². The number of nitrogens with one attached hydrogen (secondary N) is 1. The summed E-state index contributed by atoms with van der Waals surface area (Å²) in [6.45, 7) is 4.25. The number of Topliss-reactive ketones (excluding diaryl/α,β-unsaturated/α-hetero) is 1. The highest BCUT2D eigenvalue weighted by Gasteiger charge is 2.38. The molecule has 4 rings (SSSR count). The molecule has 5 heteroatoms. The Labute approximate surface area is 170 Å². The molecule has 2 atom stereocenters. The van der Waals surface area contributed by atoms with Crippen molar-refractivity contribution in [3.05, 3.63) is 65.9 Å². The number of benzene rings is 2. The maximum atomic E-state index is 12.6. The van der Waals surface area contributed by atoms with E-state index in [1.165, 1.54) is 0 Å². The molecule has 2 aromatic carbocycles. The molecule has 2 heterocycles. The molecule has 2 unspecified atom stereocenters. The summed E-state index contributed by atoms with van der Waals surface area (Å²) in [5, 5.41) is 15.1. The summed E-state index contributed by atoms with van der Waals surface area (Å²) in [5.74, 6) is 0.753. The van der Waals surface area contributed by atoms with Gasteiger partial charge in [0.2, 0.25) is 0 Å². The van der Waals surface area contributed by atoms with Crippen LogP contribution in [-0.2, 0) is 9.63 Å². The van der Waals surface area contributed by atoms with Gasteiger partial charge >= 0.3 is 0 Å². The number of fused-ring (bicyclic) bond motifs is 1. The number of aromatic nitrogens is 1. The van der Waals surface area contributed by atoms with Crippen LogP contribution >= 0.6 is 0 Å². The number of carbonyl (C=O) groups excluding carboxylic acids is 1. The van der Waals surface area contributed by atoms with Crippen molar-refractivity contribution in [3.63, 3.8) is 0 Å². The van der Waals surface area contributed by atoms with Gasteiger partial charge in [-0.3, -0.25) is 4.79 Å². The normalized spacial score (nSPS) is 18.8. The molecule has 0 radical (unpaired) electrons. The SMILES string of the molecule is CC(C)CCC(=O)CC1ON=C(c2ccc(O)cc2)C1c1c[nH]c2ccccc12. The van der Waals surface area contributed by atoms with E-state index in [-0.39, 0.29) is 23.6 Å². The zero-order valence-electron chi connectivity index (χ0n) is 16.8. The van der Waals surface area contributed by atoms with Crippen molar-refractivity contribution in [1.82, 2.24) is 4.98 Å². The number of rotatable bonds is 7. The highest BCUT2D eigenvalue weighted by Crippen LogP contribution is 2.38. The minimum absolute atomic E-state index is 0.154. The topological polar surface area (TPSA) is 74.7 Å². The van der Waals surface area contributed by atoms with Gasteiger partial charge in [-0.1, -0.05) is 37.2 Å². The van der Waals surface area contributed by atoms with Gasteiger partial charge in [-0.2, -0.15) is 0 Å². The van der Waals surface area contributed by atoms with Crippen molar-refractivity contribution in [2.75, 3.05) is 0 Å². The minimum Gasteiger partial charge on any atom is -0.508 e. The maximum absolute atomic E-state index is 12.6. The number of para-hydroxylation sites is 1. The summed E-state index contributed by atoms with van der Waals surface area (Å²) in [6.07, 6.45) is 3.44. The van der Waals surface area contributed by atoms with Crippen LogP contribution in [0, 0.1) is 5.92 Å². The Balaban J connectivity index is 1.67. The van der Waals surface area contributed by atoms with Gasteiger partial charge in [0.15, 0.2) is 0 Å². The molecule has 29 heavy (non-hydrogen) atoms. The first-order valence-corrected chi connectivity index (χ1v) is 10.1. The Hall–Kier alpha value is -3.08. The van der Waals surface area contributed by atoms with Crippen LogP contribution in [0.3, 0.4) is 0 Å². The summed E-state index contributed by atoms with van der Waals surface area (Å²) in [4.78, 5) is 21.7. The fourth-order valence-corrected chi connectivity index (χ4v) is 3.91. The quantitative estimate of drug-likeness (QED) is 0.585. The van der Waals surface area contributed by atoms with Gasteiger partial charge in [-0.15, -0.1) is 0 Å². The molecule has 1 aliphatic heterocycles. The number of oxime groups is 1. The van der Waals surface area contributed by atoms with E-state index in [2.05, 4.69) is 30.1 Å². The molecule has 0 saturated carbocycles. The summed E-state index contributed by atoms with van der Waals surface area (Å²) in [7, 11) is 0. The molecule has 0 aliphatic carbocycles. The fourth-order valence-electron chi connectivity index (χ4n) is 3.91. The average Bonchev–Trinajstić information content (AvgIpc) is 3.31. The van der Waals surface area contributed by atoms with Crippen LogP contribution in [0.25, 0.3) is 10.9 Å². The van der Waals surface area contributed by atoms with Crippen LogP contribution in [0.2, 0.25) is 0 Å². The Morgan fingerprint density at radius 3 is 2.69 bits per heavy atom. The van der Waals surface area contributed by atoms with Crippen LogP contribution < -0.4 is 0 Å².